The normalized spacial score (nSPS) is 11.5. The first kappa shape index (κ1) is 19.8. The van der Waals surface area contributed by atoms with Crippen LogP contribution in [0.4, 0.5) is 8.78 Å². The summed E-state index contributed by atoms with van der Waals surface area (Å²) in [5.41, 5.74) is 2.35. The van der Waals surface area contributed by atoms with Crippen LogP contribution in [-0.2, 0) is 6.61 Å². The maximum atomic E-state index is 13.8. The lowest BCUT2D eigenvalue weighted by Gasteiger charge is -2.16. The summed E-state index contributed by atoms with van der Waals surface area (Å²) in [6.45, 7) is 3.17. The van der Waals surface area contributed by atoms with Crippen molar-refractivity contribution >= 4 is 22.9 Å². The fraction of sp³-hybridized carbons (Fsp3) is 0.143. The van der Waals surface area contributed by atoms with E-state index in [4.69, 9.17) is 17.7 Å². The minimum atomic E-state index is -0.857. The number of aromatic nitrogens is 4. The van der Waals surface area contributed by atoms with Crippen LogP contribution < -0.4 is 10.3 Å². The third kappa shape index (κ3) is 4.19. The second-order valence-electron chi connectivity index (χ2n) is 6.66. The van der Waals surface area contributed by atoms with Crippen LogP contribution >= 0.6 is 22.9 Å². The molecule has 0 fully saturated rings. The Bertz CT molecular complexity index is 1390. The van der Waals surface area contributed by atoms with Gasteiger partial charge < -0.3 is 4.74 Å². The molecule has 0 bridgehead atoms. The van der Waals surface area contributed by atoms with Crippen LogP contribution in [0.3, 0.4) is 0 Å². The largest absolute Gasteiger partial charge is 0.485 e. The number of hydrogen-bond donors (Lipinski definition) is 0. The zero-order chi connectivity index (χ0) is 23.0. The Kier molecular flexibility index (Phi) is 5.44. The number of halogens is 3. The molecule has 0 spiro atoms. The maximum Gasteiger partial charge on any atom is 0.277 e. The van der Waals surface area contributed by atoms with Crippen LogP contribution in [-0.4, -0.2) is 19.5 Å². The van der Waals surface area contributed by atoms with Crippen LogP contribution in [0, 0.1) is 25.5 Å². The number of thiazole rings is 1. The molecule has 0 N–H and O–H groups in total. The Morgan fingerprint density at radius 1 is 1.16 bits per heavy atom. The van der Waals surface area contributed by atoms with Gasteiger partial charge in [-0.3, -0.25) is 19.3 Å². The molecule has 4 aromatic rings. The first-order valence-electron chi connectivity index (χ1n) is 9.49. The second kappa shape index (κ2) is 8.52. The number of pyridine rings is 3. The van der Waals surface area contributed by atoms with Gasteiger partial charge in [-0.1, -0.05) is 11.6 Å². The van der Waals surface area contributed by atoms with Crippen molar-refractivity contribution in [3.63, 3.8) is 0 Å². The van der Waals surface area contributed by atoms with Crippen molar-refractivity contribution in [1.82, 2.24) is 19.5 Å². The highest BCUT2D eigenvalue weighted by Crippen LogP contribution is 2.27. The van der Waals surface area contributed by atoms with E-state index in [0.717, 1.165) is 11.8 Å². The van der Waals surface area contributed by atoms with E-state index >= 15 is 0 Å². The summed E-state index contributed by atoms with van der Waals surface area (Å²) in [4.78, 5) is 25.2. The van der Waals surface area contributed by atoms with E-state index in [-0.39, 0.29) is 28.6 Å². The molecule has 0 aromatic carbocycles. The summed E-state index contributed by atoms with van der Waals surface area (Å²) in [5, 5.41) is 1.52. The number of nitrogens with zero attached hydrogens (tertiary/aromatic N) is 4. The van der Waals surface area contributed by atoms with Gasteiger partial charge in [-0.25, -0.2) is 13.8 Å². The lowest BCUT2D eigenvalue weighted by Crippen LogP contribution is -2.23. The highest BCUT2D eigenvalue weighted by Gasteiger charge is 2.17. The molecule has 0 unspecified atom stereocenters. The average molecular weight is 462 g/mol. The third-order valence-electron chi connectivity index (χ3n) is 4.52. The Labute approximate surface area is 186 Å². The summed E-state index contributed by atoms with van der Waals surface area (Å²) in [5.74, 6) is -1.60. The van der Waals surface area contributed by atoms with E-state index in [0.29, 0.717) is 28.8 Å². The Balaban J connectivity index is 1.71. The van der Waals surface area contributed by atoms with Crippen molar-refractivity contribution in [3.8, 4) is 22.8 Å². The molecule has 0 aliphatic heterocycles. The van der Waals surface area contributed by atoms with Gasteiger partial charge >= 0.3 is 0 Å². The van der Waals surface area contributed by atoms with Crippen molar-refractivity contribution in [2.24, 2.45) is 0 Å². The van der Waals surface area contributed by atoms with Gasteiger partial charge in [-0.05, 0) is 25.5 Å². The van der Waals surface area contributed by atoms with E-state index < -0.39 is 17.2 Å². The Morgan fingerprint density at radius 2 is 1.97 bits per heavy atom. The zero-order valence-corrected chi connectivity index (χ0v) is 17.9. The van der Waals surface area contributed by atoms with Gasteiger partial charge in [0.1, 0.15) is 28.9 Å². The summed E-state index contributed by atoms with van der Waals surface area (Å²) < 4.78 is 41.4. The van der Waals surface area contributed by atoms with Gasteiger partial charge in [0.2, 0.25) is 0 Å². The molecular weight excluding hydrogens is 446 g/mol. The van der Waals surface area contributed by atoms with Crippen molar-refractivity contribution in [2.75, 3.05) is 0 Å². The van der Waals surface area contributed by atoms with Gasteiger partial charge in [0.25, 0.3) is 5.56 Å². The topological polar surface area (TPSA) is 69.9 Å². The van der Waals surface area contributed by atoms with Crippen LogP contribution in [0.15, 0.2) is 46.3 Å². The molecule has 158 valence electrons. The molecule has 0 saturated heterocycles. The fourth-order valence-corrected chi connectivity index (χ4v) is 3.66. The average Bonchev–Trinajstić information content (AvgIpc) is 3.18. The second-order valence-corrected chi connectivity index (χ2v) is 7.69. The third-order valence-corrected chi connectivity index (χ3v) is 5.40. The SMILES string of the molecule is [2H]c1nc(-c2cc(-n3c(C)cc(OCc4ncc(F)cc4F)c(Cl)c3=O)c(C)cn2)cs1. The van der Waals surface area contributed by atoms with E-state index in [1.54, 1.807) is 37.6 Å². The predicted octanol–water partition coefficient (Wildman–Crippen LogP) is 4.88. The predicted molar refractivity (Wildman–Crippen MR) is 114 cm³/mol. The molecule has 31 heavy (non-hydrogen) atoms. The molecule has 4 rings (SSSR count). The summed E-state index contributed by atoms with van der Waals surface area (Å²) >= 11 is 7.46. The van der Waals surface area contributed by atoms with Gasteiger partial charge in [0.15, 0.2) is 5.82 Å². The van der Waals surface area contributed by atoms with Crippen molar-refractivity contribution in [3.05, 3.63) is 85.4 Å². The van der Waals surface area contributed by atoms with Gasteiger partial charge in [0.05, 0.1) is 30.1 Å². The van der Waals surface area contributed by atoms with Gasteiger partial charge in [-0.2, -0.15) is 0 Å². The standard InChI is InChI=1S/C21H15ClF2N4O2S/c1-11-6-25-15(17-9-31-10-27-17)5-18(11)28-12(2)3-19(20(22)21(28)29)30-8-16-14(24)4-13(23)7-26-16/h3-7,9-10H,8H2,1-2H3/i10D. The molecule has 0 amide bonds. The molecule has 0 aliphatic rings. The first-order chi connectivity index (χ1) is 15.2. The molecule has 0 atom stereocenters. The van der Waals surface area contributed by atoms with Crippen LogP contribution in [0.25, 0.3) is 17.1 Å². The molecule has 6 nitrogen and oxygen atoms in total. The maximum absolute atomic E-state index is 13.8. The summed E-state index contributed by atoms with van der Waals surface area (Å²) in [6, 6.07) is 3.95. The quantitative estimate of drug-likeness (QED) is 0.423. The molecule has 0 saturated carbocycles. The van der Waals surface area contributed by atoms with Crippen molar-refractivity contribution in [1.29, 1.82) is 0 Å². The highest BCUT2D eigenvalue weighted by atomic mass is 35.5. The van der Waals surface area contributed by atoms with Gasteiger partial charge in [0, 0.05) is 29.4 Å². The minimum absolute atomic E-state index is 0.0567. The summed E-state index contributed by atoms with van der Waals surface area (Å²) in [6.07, 6.45) is 2.49. The van der Waals surface area contributed by atoms with Crippen LogP contribution in [0.5, 0.6) is 5.75 Å². The number of ether oxygens (including phenoxy) is 1. The minimum Gasteiger partial charge on any atom is -0.485 e. The first-order valence-corrected chi connectivity index (χ1v) is 10.2. The van der Waals surface area contributed by atoms with Crippen LogP contribution in [0.2, 0.25) is 5.02 Å². The number of hydrogen-bond acceptors (Lipinski definition) is 6. The lowest BCUT2D eigenvalue weighted by atomic mass is 10.2. The Hall–Kier alpha value is -3.17. The molecule has 0 radical (unpaired) electrons. The smallest absolute Gasteiger partial charge is 0.277 e. The van der Waals surface area contributed by atoms with Gasteiger partial charge in [-0.15, -0.1) is 11.3 Å². The van der Waals surface area contributed by atoms with E-state index in [9.17, 15) is 13.6 Å². The zero-order valence-electron chi connectivity index (χ0n) is 17.3. The lowest BCUT2D eigenvalue weighted by molar-refractivity contribution is 0.292. The monoisotopic (exact) mass is 461 g/mol. The number of aryl methyl sites for hydroxylation is 2. The molecule has 0 aliphatic carbocycles. The number of rotatable bonds is 5. The highest BCUT2D eigenvalue weighted by molar-refractivity contribution is 7.07. The van der Waals surface area contributed by atoms with E-state index in [1.807, 2.05) is 0 Å². The Morgan fingerprint density at radius 3 is 2.68 bits per heavy atom. The summed E-state index contributed by atoms with van der Waals surface area (Å²) in [7, 11) is 0. The van der Waals surface area contributed by atoms with E-state index in [2.05, 4.69) is 15.0 Å². The molecular formula is C21H15ClF2N4O2S. The molecule has 4 heterocycles. The van der Waals surface area contributed by atoms with E-state index in [1.165, 1.54) is 15.9 Å². The fourth-order valence-electron chi connectivity index (χ4n) is 2.98. The van der Waals surface area contributed by atoms with Crippen molar-refractivity contribution < 1.29 is 14.9 Å². The molecule has 10 heteroatoms. The van der Waals surface area contributed by atoms with Crippen molar-refractivity contribution in [2.45, 2.75) is 20.5 Å². The molecule has 4 aromatic heterocycles. The van der Waals surface area contributed by atoms with Crippen LogP contribution in [0.1, 0.15) is 18.3 Å².